The van der Waals surface area contributed by atoms with Crippen molar-refractivity contribution in [2.75, 3.05) is 31.1 Å². The second-order valence-corrected chi connectivity index (χ2v) is 5.98. The fourth-order valence-corrected chi connectivity index (χ4v) is 3.20. The Hall–Kier alpha value is -1.55. The average Bonchev–Trinajstić information content (AvgIpc) is 3.07. The van der Waals surface area contributed by atoms with E-state index in [9.17, 15) is 4.79 Å². The second-order valence-electron chi connectivity index (χ2n) is 5.98. The Morgan fingerprint density at radius 1 is 1.19 bits per heavy atom. The number of amides is 1. The maximum absolute atomic E-state index is 12.2. The van der Waals surface area contributed by atoms with Gasteiger partial charge in [0.15, 0.2) is 0 Å². The van der Waals surface area contributed by atoms with E-state index in [4.69, 9.17) is 4.74 Å². The first-order valence-electron chi connectivity index (χ1n) is 8.02. The molecule has 0 spiro atoms. The fourth-order valence-electron chi connectivity index (χ4n) is 3.20. The molecule has 4 heteroatoms. The van der Waals surface area contributed by atoms with Crippen molar-refractivity contribution in [3.05, 3.63) is 30.3 Å². The molecule has 114 valence electrons. The zero-order valence-electron chi connectivity index (χ0n) is 12.5. The predicted octanol–water partition coefficient (Wildman–Crippen LogP) is 2.20. The molecule has 2 aliphatic heterocycles. The third-order valence-electron chi connectivity index (χ3n) is 4.52. The van der Waals surface area contributed by atoms with Crippen LogP contribution in [0.15, 0.2) is 30.3 Å². The van der Waals surface area contributed by atoms with Gasteiger partial charge in [0.1, 0.15) is 0 Å². The number of ether oxygens (including phenoxy) is 1. The van der Waals surface area contributed by atoms with E-state index in [-0.39, 0.29) is 17.9 Å². The molecule has 3 rings (SSSR count). The molecule has 0 saturated carbocycles. The van der Waals surface area contributed by atoms with Crippen LogP contribution in [0, 0.1) is 5.92 Å². The van der Waals surface area contributed by atoms with Crippen molar-refractivity contribution in [2.45, 2.75) is 31.8 Å². The predicted molar refractivity (Wildman–Crippen MR) is 83.4 cm³/mol. The van der Waals surface area contributed by atoms with Crippen molar-refractivity contribution in [3.8, 4) is 0 Å². The van der Waals surface area contributed by atoms with Gasteiger partial charge in [-0.2, -0.15) is 0 Å². The molecule has 1 amide bonds. The molecule has 0 bridgehead atoms. The summed E-state index contributed by atoms with van der Waals surface area (Å²) in [7, 11) is 0. The number of benzene rings is 1. The molecule has 4 nitrogen and oxygen atoms in total. The van der Waals surface area contributed by atoms with E-state index in [1.165, 1.54) is 5.69 Å². The Morgan fingerprint density at radius 3 is 2.62 bits per heavy atom. The standard InChI is InChI=1S/C17H24N2O2/c20-17(18-13-16-7-4-12-21-16)14-8-10-19(11-9-14)15-5-2-1-3-6-15/h1-3,5-6,14,16H,4,7-13H2,(H,18,20). The minimum atomic E-state index is 0.159. The number of carbonyl (C=O) groups is 1. The van der Waals surface area contributed by atoms with Gasteiger partial charge in [0, 0.05) is 37.8 Å². The summed E-state index contributed by atoms with van der Waals surface area (Å²) in [5, 5.41) is 3.07. The lowest BCUT2D eigenvalue weighted by Gasteiger charge is -2.33. The van der Waals surface area contributed by atoms with Gasteiger partial charge < -0.3 is 15.0 Å². The lowest BCUT2D eigenvalue weighted by Crippen LogP contribution is -2.42. The van der Waals surface area contributed by atoms with Crippen LogP contribution in [0.2, 0.25) is 0 Å². The highest BCUT2D eigenvalue weighted by Crippen LogP contribution is 2.23. The van der Waals surface area contributed by atoms with Gasteiger partial charge in [0.25, 0.3) is 0 Å². The highest BCUT2D eigenvalue weighted by molar-refractivity contribution is 5.79. The summed E-state index contributed by atoms with van der Waals surface area (Å²) in [6.45, 7) is 3.44. The van der Waals surface area contributed by atoms with Crippen LogP contribution in [0.3, 0.4) is 0 Å². The van der Waals surface area contributed by atoms with Crippen LogP contribution >= 0.6 is 0 Å². The summed E-state index contributed by atoms with van der Waals surface area (Å²) in [5.41, 5.74) is 1.26. The Bertz CT molecular complexity index is 449. The van der Waals surface area contributed by atoms with Crippen LogP contribution in [0.5, 0.6) is 0 Å². The van der Waals surface area contributed by atoms with Gasteiger partial charge in [0.2, 0.25) is 5.91 Å². The fraction of sp³-hybridized carbons (Fsp3) is 0.588. The molecule has 1 N–H and O–H groups in total. The van der Waals surface area contributed by atoms with Crippen molar-refractivity contribution in [1.82, 2.24) is 5.32 Å². The molecule has 2 fully saturated rings. The van der Waals surface area contributed by atoms with Gasteiger partial charge in [0.05, 0.1) is 6.10 Å². The highest BCUT2D eigenvalue weighted by atomic mass is 16.5. The summed E-state index contributed by atoms with van der Waals surface area (Å²) in [6, 6.07) is 10.4. The first-order chi connectivity index (χ1) is 10.3. The van der Waals surface area contributed by atoms with Gasteiger partial charge in [-0.1, -0.05) is 18.2 Å². The minimum absolute atomic E-state index is 0.159. The number of carbonyl (C=O) groups excluding carboxylic acids is 1. The van der Waals surface area contributed by atoms with Crippen LogP contribution < -0.4 is 10.2 Å². The maximum Gasteiger partial charge on any atom is 0.223 e. The van der Waals surface area contributed by atoms with E-state index in [1.54, 1.807) is 0 Å². The largest absolute Gasteiger partial charge is 0.376 e. The number of nitrogens with one attached hydrogen (secondary N) is 1. The topological polar surface area (TPSA) is 41.6 Å². The molecule has 2 saturated heterocycles. The molecule has 1 unspecified atom stereocenters. The lowest BCUT2D eigenvalue weighted by atomic mass is 9.95. The van der Waals surface area contributed by atoms with Gasteiger partial charge in [-0.15, -0.1) is 0 Å². The van der Waals surface area contributed by atoms with E-state index in [0.717, 1.165) is 45.4 Å². The van der Waals surface area contributed by atoms with Crippen LogP contribution in [-0.2, 0) is 9.53 Å². The molecule has 0 aliphatic carbocycles. The zero-order valence-corrected chi connectivity index (χ0v) is 12.5. The summed E-state index contributed by atoms with van der Waals surface area (Å²) < 4.78 is 5.54. The Balaban J connectivity index is 1.43. The molecule has 2 aliphatic rings. The smallest absolute Gasteiger partial charge is 0.223 e. The van der Waals surface area contributed by atoms with Crippen molar-refractivity contribution in [3.63, 3.8) is 0 Å². The van der Waals surface area contributed by atoms with Gasteiger partial charge in [-0.25, -0.2) is 0 Å². The van der Waals surface area contributed by atoms with E-state index in [1.807, 2.05) is 6.07 Å². The average molecular weight is 288 g/mol. The number of anilines is 1. The first kappa shape index (κ1) is 14.4. The molecule has 1 aromatic carbocycles. The molecule has 0 radical (unpaired) electrons. The van der Waals surface area contributed by atoms with E-state index >= 15 is 0 Å². The van der Waals surface area contributed by atoms with Crippen LogP contribution in [0.25, 0.3) is 0 Å². The van der Waals surface area contributed by atoms with E-state index in [2.05, 4.69) is 34.5 Å². The third kappa shape index (κ3) is 3.76. The number of hydrogen-bond donors (Lipinski definition) is 1. The summed E-state index contributed by atoms with van der Waals surface area (Å²) in [5.74, 6) is 0.365. The monoisotopic (exact) mass is 288 g/mol. The molecule has 1 atom stereocenters. The quantitative estimate of drug-likeness (QED) is 0.923. The van der Waals surface area contributed by atoms with Crippen LogP contribution in [-0.4, -0.2) is 38.3 Å². The SMILES string of the molecule is O=C(NCC1CCCO1)C1CCN(c2ccccc2)CC1. The van der Waals surface area contributed by atoms with Crippen LogP contribution in [0.4, 0.5) is 5.69 Å². The van der Waals surface area contributed by atoms with Crippen molar-refractivity contribution < 1.29 is 9.53 Å². The Labute approximate surface area is 126 Å². The van der Waals surface area contributed by atoms with Crippen molar-refractivity contribution >= 4 is 11.6 Å². The normalized spacial score (nSPS) is 23.2. The van der Waals surface area contributed by atoms with Crippen molar-refractivity contribution in [1.29, 1.82) is 0 Å². The summed E-state index contributed by atoms with van der Waals surface area (Å²) in [6.07, 6.45) is 4.31. The van der Waals surface area contributed by atoms with Crippen molar-refractivity contribution in [2.24, 2.45) is 5.92 Å². The number of piperidine rings is 1. The summed E-state index contributed by atoms with van der Waals surface area (Å²) in [4.78, 5) is 14.6. The van der Waals surface area contributed by atoms with E-state index in [0.29, 0.717) is 6.54 Å². The zero-order chi connectivity index (χ0) is 14.5. The molecular weight excluding hydrogens is 264 g/mol. The highest BCUT2D eigenvalue weighted by Gasteiger charge is 2.26. The van der Waals surface area contributed by atoms with Crippen LogP contribution in [0.1, 0.15) is 25.7 Å². The third-order valence-corrected chi connectivity index (χ3v) is 4.52. The number of hydrogen-bond acceptors (Lipinski definition) is 3. The molecule has 21 heavy (non-hydrogen) atoms. The summed E-state index contributed by atoms with van der Waals surface area (Å²) >= 11 is 0. The number of nitrogens with zero attached hydrogens (tertiary/aromatic N) is 1. The van der Waals surface area contributed by atoms with Gasteiger partial charge in [-0.05, 0) is 37.8 Å². The van der Waals surface area contributed by atoms with E-state index < -0.39 is 0 Å². The minimum Gasteiger partial charge on any atom is -0.376 e. The number of para-hydroxylation sites is 1. The Morgan fingerprint density at radius 2 is 1.95 bits per heavy atom. The van der Waals surface area contributed by atoms with Gasteiger partial charge in [-0.3, -0.25) is 4.79 Å². The van der Waals surface area contributed by atoms with Gasteiger partial charge >= 0.3 is 0 Å². The molecule has 0 aromatic heterocycles. The molecule has 1 aromatic rings. The maximum atomic E-state index is 12.2. The Kier molecular flexibility index (Phi) is 4.76. The number of rotatable bonds is 4. The second kappa shape index (κ2) is 6.94. The molecular formula is C17H24N2O2. The molecule has 2 heterocycles. The first-order valence-corrected chi connectivity index (χ1v) is 8.02. The lowest BCUT2D eigenvalue weighted by molar-refractivity contribution is -0.126.